The van der Waals surface area contributed by atoms with Gasteiger partial charge < -0.3 is 0 Å². The van der Waals surface area contributed by atoms with Crippen LogP contribution in [0.2, 0.25) is 0 Å². The quantitative estimate of drug-likeness (QED) is 0.569. The predicted molar refractivity (Wildman–Crippen MR) is 75.0 cm³/mol. The van der Waals surface area contributed by atoms with Crippen LogP contribution in [-0.4, -0.2) is 0 Å². The van der Waals surface area contributed by atoms with Crippen LogP contribution < -0.4 is 0 Å². The highest BCUT2D eigenvalue weighted by Crippen LogP contribution is 2.36. The van der Waals surface area contributed by atoms with E-state index in [2.05, 4.69) is 6.08 Å². The van der Waals surface area contributed by atoms with Crippen molar-refractivity contribution in [2.45, 2.75) is 31.6 Å². The molecule has 0 aliphatic heterocycles. The second kappa shape index (κ2) is 7.00. The van der Waals surface area contributed by atoms with Gasteiger partial charge in [-0.15, -0.1) is 0 Å². The van der Waals surface area contributed by atoms with Crippen molar-refractivity contribution in [1.82, 2.24) is 0 Å². The lowest BCUT2D eigenvalue weighted by Crippen LogP contribution is -2.12. The summed E-state index contributed by atoms with van der Waals surface area (Å²) in [4.78, 5) is 0. The Balaban J connectivity index is 1.91. The normalized spacial score (nSPS) is 23.2. The van der Waals surface area contributed by atoms with Crippen LogP contribution >= 0.6 is 0 Å². The van der Waals surface area contributed by atoms with E-state index in [9.17, 15) is 8.78 Å². The van der Waals surface area contributed by atoms with Gasteiger partial charge in [-0.1, -0.05) is 24.3 Å². The van der Waals surface area contributed by atoms with Crippen LogP contribution in [-0.2, 0) is 0 Å². The van der Waals surface area contributed by atoms with Gasteiger partial charge >= 0.3 is 0 Å². The molecule has 1 aliphatic carbocycles. The standard InChI is InChI=1S/C17H17F2N/c18-16-10-9-15(12-17(16)19)14-7-5-13(6-8-14)4-2-1-3-11-20/h1-4,9-10,12-14H,5-8H2/b3-1+,4-2+/t13-,14-. The second-order valence-corrected chi connectivity index (χ2v) is 5.16. The molecule has 3 heteroatoms. The predicted octanol–water partition coefficient (Wildman–Crippen LogP) is 4.87. The van der Waals surface area contributed by atoms with Crippen molar-refractivity contribution in [3.8, 4) is 6.07 Å². The fraction of sp³-hybridized carbons (Fsp3) is 0.353. The molecule has 1 aromatic rings. The maximum Gasteiger partial charge on any atom is 0.159 e. The Morgan fingerprint density at radius 1 is 1.05 bits per heavy atom. The monoisotopic (exact) mass is 273 g/mol. The molecule has 1 nitrogen and oxygen atoms in total. The molecule has 104 valence electrons. The van der Waals surface area contributed by atoms with Crippen molar-refractivity contribution in [2.75, 3.05) is 0 Å². The topological polar surface area (TPSA) is 23.8 Å². The molecular formula is C17H17F2N. The Morgan fingerprint density at radius 2 is 1.80 bits per heavy atom. The van der Waals surface area contributed by atoms with Crippen LogP contribution in [0.5, 0.6) is 0 Å². The number of nitriles is 1. The van der Waals surface area contributed by atoms with Gasteiger partial charge in [-0.3, -0.25) is 0 Å². The summed E-state index contributed by atoms with van der Waals surface area (Å²) in [6.45, 7) is 0. The molecule has 0 spiro atoms. The summed E-state index contributed by atoms with van der Waals surface area (Å²) in [6, 6.07) is 6.17. The number of nitrogens with zero attached hydrogens (tertiary/aromatic N) is 1. The van der Waals surface area contributed by atoms with Crippen molar-refractivity contribution in [3.05, 3.63) is 59.7 Å². The molecule has 1 fully saturated rings. The lowest BCUT2D eigenvalue weighted by atomic mass is 9.78. The van der Waals surface area contributed by atoms with Gasteiger partial charge in [-0.25, -0.2) is 8.78 Å². The van der Waals surface area contributed by atoms with E-state index in [1.54, 1.807) is 12.1 Å². The first-order chi connectivity index (χ1) is 9.70. The minimum atomic E-state index is -0.783. The second-order valence-electron chi connectivity index (χ2n) is 5.16. The zero-order valence-electron chi connectivity index (χ0n) is 11.2. The molecule has 0 aromatic heterocycles. The molecule has 1 aliphatic rings. The zero-order chi connectivity index (χ0) is 14.4. The molecule has 0 atom stereocenters. The molecule has 0 bridgehead atoms. The average molecular weight is 273 g/mol. The van der Waals surface area contributed by atoms with Gasteiger partial charge in [0.05, 0.1) is 6.07 Å². The highest BCUT2D eigenvalue weighted by molar-refractivity contribution is 5.22. The molecular weight excluding hydrogens is 256 g/mol. The van der Waals surface area contributed by atoms with E-state index < -0.39 is 11.6 Å². The molecule has 1 aromatic carbocycles. The van der Waals surface area contributed by atoms with Crippen LogP contribution in [0.1, 0.15) is 37.2 Å². The van der Waals surface area contributed by atoms with Crippen molar-refractivity contribution >= 4 is 0 Å². The number of hydrogen-bond donors (Lipinski definition) is 0. The Hall–Kier alpha value is -1.95. The Labute approximate surface area is 118 Å². The van der Waals surface area contributed by atoms with E-state index in [0.717, 1.165) is 31.2 Å². The molecule has 0 saturated heterocycles. The summed E-state index contributed by atoms with van der Waals surface area (Å²) in [5.74, 6) is -0.704. The van der Waals surface area contributed by atoms with E-state index in [1.807, 2.05) is 12.1 Å². The molecule has 0 radical (unpaired) electrons. The van der Waals surface area contributed by atoms with E-state index in [1.165, 1.54) is 18.2 Å². The van der Waals surface area contributed by atoms with Crippen LogP contribution in [0.4, 0.5) is 8.78 Å². The minimum absolute atomic E-state index is 0.324. The maximum absolute atomic E-state index is 13.2. The first-order valence-corrected chi connectivity index (χ1v) is 6.88. The first-order valence-electron chi connectivity index (χ1n) is 6.88. The molecule has 0 amide bonds. The summed E-state index contributed by atoms with van der Waals surface area (Å²) >= 11 is 0. The zero-order valence-corrected chi connectivity index (χ0v) is 11.2. The van der Waals surface area contributed by atoms with Crippen LogP contribution in [0.25, 0.3) is 0 Å². The fourth-order valence-electron chi connectivity index (χ4n) is 2.73. The van der Waals surface area contributed by atoms with E-state index in [0.29, 0.717) is 11.8 Å². The number of rotatable bonds is 3. The van der Waals surface area contributed by atoms with Gasteiger partial charge in [0, 0.05) is 6.08 Å². The third-order valence-corrected chi connectivity index (χ3v) is 3.85. The third-order valence-electron chi connectivity index (χ3n) is 3.85. The molecule has 1 saturated carbocycles. The van der Waals surface area contributed by atoms with Gasteiger partial charge in [0.2, 0.25) is 0 Å². The summed E-state index contributed by atoms with van der Waals surface area (Å²) in [5, 5.41) is 8.38. The Morgan fingerprint density at radius 3 is 2.45 bits per heavy atom. The summed E-state index contributed by atoms with van der Waals surface area (Å²) < 4.78 is 26.1. The number of allylic oxidation sites excluding steroid dienone is 4. The smallest absolute Gasteiger partial charge is 0.159 e. The third kappa shape index (κ3) is 3.77. The van der Waals surface area contributed by atoms with E-state index >= 15 is 0 Å². The number of hydrogen-bond acceptors (Lipinski definition) is 1. The lowest BCUT2D eigenvalue weighted by molar-refractivity contribution is 0.374. The SMILES string of the molecule is N#C/C=C/C=C/[C@H]1CC[C@H](c2ccc(F)c(F)c2)CC1. The van der Waals surface area contributed by atoms with Crippen LogP contribution in [0.15, 0.2) is 42.5 Å². The molecule has 2 rings (SSSR count). The number of halogens is 2. The highest BCUT2D eigenvalue weighted by Gasteiger charge is 2.21. The van der Waals surface area contributed by atoms with Gasteiger partial charge in [0.1, 0.15) is 0 Å². The van der Waals surface area contributed by atoms with Crippen molar-refractivity contribution in [1.29, 1.82) is 5.26 Å². The lowest BCUT2D eigenvalue weighted by Gasteiger charge is -2.27. The Kier molecular flexibility index (Phi) is 5.06. The summed E-state index contributed by atoms with van der Waals surface area (Å²) in [5.41, 5.74) is 0.899. The summed E-state index contributed by atoms with van der Waals surface area (Å²) in [7, 11) is 0. The van der Waals surface area contributed by atoms with Gasteiger partial charge in [0.25, 0.3) is 0 Å². The Bertz CT molecular complexity index is 547. The number of benzene rings is 1. The van der Waals surface area contributed by atoms with Crippen LogP contribution in [0.3, 0.4) is 0 Å². The van der Waals surface area contributed by atoms with Gasteiger partial charge in [-0.05, 0) is 55.2 Å². The highest BCUT2D eigenvalue weighted by atomic mass is 19.2. The van der Waals surface area contributed by atoms with Gasteiger partial charge in [-0.2, -0.15) is 5.26 Å². The largest absolute Gasteiger partial charge is 0.204 e. The van der Waals surface area contributed by atoms with Crippen LogP contribution in [0, 0.1) is 28.9 Å². The molecule has 0 unspecified atom stereocenters. The van der Waals surface area contributed by atoms with Crippen molar-refractivity contribution < 1.29 is 8.78 Å². The average Bonchev–Trinajstić information content (AvgIpc) is 2.47. The fourth-order valence-corrected chi connectivity index (χ4v) is 2.73. The van der Waals surface area contributed by atoms with Crippen molar-refractivity contribution in [3.63, 3.8) is 0 Å². The maximum atomic E-state index is 13.2. The molecule has 0 heterocycles. The molecule has 0 N–H and O–H groups in total. The van der Waals surface area contributed by atoms with Gasteiger partial charge in [0.15, 0.2) is 11.6 Å². The van der Waals surface area contributed by atoms with E-state index in [4.69, 9.17) is 5.26 Å². The van der Waals surface area contributed by atoms with Crippen molar-refractivity contribution in [2.24, 2.45) is 5.92 Å². The molecule has 20 heavy (non-hydrogen) atoms. The minimum Gasteiger partial charge on any atom is -0.204 e. The van der Waals surface area contributed by atoms with E-state index in [-0.39, 0.29) is 0 Å². The summed E-state index contributed by atoms with van der Waals surface area (Å²) in [6.07, 6.45) is 11.3. The first kappa shape index (κ1) is 14.5.